The van der Waals surface area contributed by atoms with Crippen molar-refractivity contribution in [3.05, 3.63) is 57.9 Å². The third-order valence-corrected chi connectivity index (χ3v) is 6.47. The zero-order valence-electron chi connectivity index (χ0n) is 17.9. The van der Waals surface area contributed by atoms with Crippen molar-refractivity contribution in [3.63, 3.8) is 0 Å². The summed E-state index contributed by atoms with van der Waals surface area (Å²) in [7, 11) is 0. The topological polar surface area (TPSA) is 71.1 Å². The lowest BCUT2D eigenvalue weighted by Crippen LogP contribution is -2.19. The molecule has 9 heteroatoms. The Bertz CT molecular complexity index is 1110. The van der Waals surface area contributed by atoms with Gasteiger partial charge in [-0.3, -0.25) is 9.59 Å². The monoisotopic (exact) mass is 507 g/mol. The summed E-state index contributed by atoms with van der Waals surface area (Å²) in [6, 6.07) is 12.7. The molecule has 0 saturated heterocycles. The Morgan fingerprint density at radius 3 is 2.41 bits per heavy atom. The first-order valence-electron chi connectivity index (χ1n) is 9.82. The smallest absolute Gasteiger partial charge is 0.236 e. The molecular formula is C23H23Cl2N3O2S2. The highest BCUT2D eigenvalue weighted by Gasteiger charge is 2.16. The van der Waals surface area contributed by atoms with Gasteiger partial charge in [0.15, 0.2) is 5.13 Å². The standard InChI is InChI=1S/C23H23Cl2N3O2S2/c1-23(2,3)11-20(29)26-15-5-7-16(8-6-15)31-13-21(30)28-22-27-19(12-32-22)17-9-4-14(24)10-18(17)25/h4-10,12H,11,13H2,1-3H3,(H,26,29)(H,27,28,30). The van der Waals surface area contributed by atoms with Crippen LogP contribution in [0.2, 0.25) is 10.0 Å². The lowest BCUT2D eigenvalue weighted by Gasteiger charge is -2.17. The van der Waals surface area contributed by atoms with Gasteiger partial charge in [0, 0.05) is 33.0 Å². The molecule has 168 valence electrons. The van der Waals surface area contributed by atoms with E-state index in [0.717, 1.165) is 16.1 Å². The molecule has 0 radical (unpaired) electrons. The molecule has 2 amide bonds. The van der Waals surface area contributed by atoms with E-state index in [0.29, 0.717) is 27.3 Å². The number of amides is 2. The lowest BCUT2D eigenvalue weighted by atomic mass is 9.92. The molecule has 2 N–H and O–H groups in total. The first-order valence-corrected chi connectivity index (χ1v) is 12.4. The third-order valence-electron chi connectivity index (χ3n) is 4.16. The van der Waals surface area contributed by atoms with Crippen molar-refractivity contribution in [2.24, 2.45) is 5.41 Å². The maximum absolute atomic E-state index is 12.3. The minimum absolute atomic E-state index is 0.0139. The number of aromatic nitrogens is 1. The van der Waals surface area contributed by atoms with E-state index in [1.165, 1.54) is 23.1 Å². The van der Waals surface area contributed by atoms with Crippen LogP contribution in [0.15, 0.2) is 52.7 Å². The van der Waals surface area contributed by atoms with Crippen molar-refractivity contribution in [1.29, 1.82) is 0 Å². The Morgan fingerprint density at radius 2 is 1.75 bits per heavy atom. The van der Waals surface area contributed by atoms with Crippen molar-refractivity contribution in [1.82, 2.24) is 4.98 Å². The van der Waals surface area contributed by atoms with Gasteiger partial charge in [0.1, 0.15) is 0 Å². The molecule has 5 nitrogen and oxygen atoms in total. The maximum Gasteiger partial charge on any atom is 0.236 e. The second kappa shape index (κ2) is 10.7. The van der Waals surface area contributed by atoms with Crippen LogP contribution in [-0.4, -0.2) is 22.6 Å². The van der Waals surface area contributed by atoms with Crippen molar-refractivity contribution < 1.29 is 9.59 Å². The summed E-state index contributed by atoms with van der Waals surface area (Å²) in [6.07, 6.45) is 0.451. The molecule has 0 saturated carbocycles. The Morgan fingerprint density at radius 1 is 1.03 bits per heavy atom. The second-order valence-electron chi connectivity index (χ2n) is 8.31. The number of rotatable bonds is 7. The van der Waals surface area contributed by atoms with Crippen LogP contribution in [0.4, 0.5) is 10.8 Å². The minimum atomic E-state index is -0.152. The number of hydrogen-bond acceptors (Lipinski definition) is 5. The number of carbonyl (C=O) groups excluding carboxylic acids is 2. The summed E-state index contributed by atoms with van der Waals surface area (Å²) in [5, 5.41) is 9.12. The normalized spacial score (nSPS) is 11.3. The van der Waals surface area contributed by atoms with Gasteiger partial charge >= 0.3 is 0 Å². The van der Waals surface area contributed by atoms with Crippen LogP contribution in [0.5, 0.6) is 0 Å². The van der Waals surface area contributed by atoms with Crippen molar-refractivity contribution >= 4 is 68.9 Å². The summed E-state index contributed by atoms with van der Waals surface area (Å²) in [5.41, 5.74) is 2.12. The Labute approximate surface area is 205 Å². The second-order valence-corrected chi connectivity index (χ2v) is 11.1. The molecule has 1 aromatic heterocycles. The zero-order valence-corrected chi connectivity index (χ0v) is 21.0. The van der Waals surface area contributed by atoms with Crippen molar-refractivity contribution in [3.8, 4) is 11.3 Å². The number of nitrogens with zero attached hydrogens (tertiary/aromatic N) is 1. The molecule has 0 spiro atoms. The molecule has 3 aromatic rings. The number of anilines is 2. The number of benzene rings is 2. The summed E-state index contributed by atoms with van der Waals surface area (Å²) in [6.45, 7) is 6.07. The first-order chi connectivity index (χ1) is 15.1. The van der Waals surface area contributed by atoms with E-state index in [1.54, 1.807) is 18.2 Å². The van der Waals surface area contributed by atoms with E-state index >= 15 is 0 Å². The molecule has 0 fully saturated rings. The molecule has 3 rings (SSSR count). The van der Waals surface area contributed by atoms with E-state index in [1.807, 2.05) is 50.4 Å². The zero-order chi connectivity index (χ0) is 23.3. The largest absolute Gasteiger partial charge is 0.326 e. The van der Waals surface area contributed by atoms with Crippen LogP contribution in [-0.2, 0) is 9.59 Å². The third kappa shape index (κ3) is 7.52. The van der Waals surface area contributed by atoms with Crippen LogP contribution >= 0.6 is 46.3 Å². The highest BCUT2D eigenvalue weighted by molar-refractivity contribution is 8.00. The number of thiazole rings is 1. The fourth-order valence-electron chi connectivity index (χ4n) is 2.78. The molecule has 0 atom stereocenters. The predicted octanol–water partition coefficient (Wildman–Crippen LogP) is 7.22. The summed E-state index contributed by atoms with van der Waals surface area (Å²) in [5.74, 6) is 0.0763. The van der Waals surface area contributed by atoms with Crippen LogP contribution in [0.25, 0.3) is 11.3 Å². The molecule has 0 bridgehead atoms. The van der Waals surface area contributed by atoms with Gasteiger partial charge in [-0.1, -0.05) is 44.0 Å². The molecule has 0 unspecified atom stereocenters. The minimum Gasteiger partial charge on any atom is -0.326 e. The molecule has 0 aliphatic heterocycles. The van der Waals surface area contributed by atoms with Gasteiger partial charge in [0.05, 0.1) is 16.5 Å². The van der Waals surface area contributed by atoms with Gasteiger partial charge in [-0.05, 0) is 47.9 Å². The average Bonchev–Trinajstić information content (AvgIpc) is 3.14. The van der Waals surface area contributed by atoms with E-state index < -0.39 is 0 Å². The number of nitrogens with one attached hydrogen (secondary N) is 2. The fraction of sp³-hybridized carbons (Fsp3) is 0.261. The van der Waals surface area contributed by atoms with Gasteiger partial charge < -0.3 is 10.6 Å². The SMILES string of the molecule is CC(C)(C)CC(=O)Nc1ccc(SCC(=O)Nc2nc(-c3ccc(Cl)cc3Cl)cs2)cc1. The first kappa shape index (κ1) is 24.6. The van der Waals surface area contributed by atoms with Crippen LogP contribution in [0, 0.1) is 5.41 Å². The highest BCUT2D eigenvalue weighted by Crippen LogP contribution is 2.32. The molecule has 0 aliphatic rings. The van der Waals surface area contributed by atoms with Crippen LogP contribution in [0.1, 0.15) is 27.2 Å². The molecule has 1 heterocycles. The molecule has 2 aromatic carbocycles. The van der Waals surface area contributed by atoms with E-state index in [9.17, 15) is 9.59 Å². The predicted molar refractivity (Wildman–Crippen MR) is 136 cm³/mol. The number of carbonyl (C=O) groups is 2. The molecule has 32 heavy (non-hydrogen) atoms. The lowest BCUT2D eigenvalue weighted by molar-refractivity contribution is -0.118. The Kier molecular flexibility index (Phi) is 8.22. The Hall–Kier alpha value is -2.06. The molecular weight excluding hydrogens is 485 g/mol. The average molecular weight is 508 g/mol. The van der Waals surface area contributed by atoms with Gasteiger partial charge in [0.2, 0.25) is 11.8 Å². The van der Waals surface area contributed by atoms with E-state index in [-0.39, 0.29) is 23.0 Å². The summed E-state index contributed by atoms with van der Waals surface area (Å²) in [4.78, 5) is 29.7. The fourth-order valence-corrected chi connectivity index (χ4v) is 4.71. The number of thioether (sulfide) groups is 1. The molecule has 0 aliphatic carbocycles. The summed E-state index contributed by atoms with van der Waals surface area (Å²) >= 11 is 14.9. The highest BCUT2D eigenvalue weighted by atomic mass is 35.5. The van der Waals surface area contributed by atoms with Gasteiger partial charge in [-0.15, -0.1) is 23.1 Å². The van der Waals surface area contributed by atoms with Crippen molar-refractivity contribution in [2.75, 3.05) is 16.4 Å². The van der Waals surface area contributed by atoms with Gasteiger partial charge in [-0.2, -0.15) is 0 Å². The van der Waals surface area contributed by atoms with Gasteiger partial charge in [-0.25, -0.2) is 4.98 Å². The van der Waals surface area contributed by atoms with Crippen molar-refractivity contribution in [2.45, 2.75) is 32.1 Å². The van der Waals surface area contributed by atoms with E-state index in [4.69, 9.17) is 23.2 Å². The van der Waals surface area contributed by atoms with Gasteiger partial charge in [0.25, 0.3) is 0 Å². The maximum atomic E-state index is 12.3. The van der Waals surface area contributed by atoms with Crippen LogP contribution < -0.4 is 10.6 Å². The number of halogens is 2. The Balaban J connectivity index is 1.50. The number of hydrogen-bond donors (Lipinski definition) is 2. The van der Waals surface area contributed by atoms with E-state index in [2.05, 4.69) is 15.6 Å². The quantitative estimate of drug-likeness (QED) is 0.331. The van der Waals surface area contributed by atoms with Crippen LogP contribution in [0.3, 0.4) is 0 Å². The summed E-state index contributed by atoms with van der Waals surface area (Å²) < 4.78 is 0.